The van der Waals surface area contributed by atoms with Gasteiger partial charge < -0.3 is 16.2 Å². The van der Waals surface area contributed by atoms with Gasteiger partial charge in [-0.05, 0) is 24.6 Å². The molecule has 1 unspecified atom stereocenters. The van der Waals surface area contributed by atoms with E-state index in [1.807, 2.05) is 0 Å². The summed E-state index contributed by atoms with van der Waals surface area (Å²) in [6.07, 6.45) is -0.497. The highest BCUT2D eigenvalue weighted by Gasteiger charge is 2.03. The number of nitrogens with one attached hydrogen (secondary N) is 1. The quantitative estimate of drug-likeness (QED) is 0.678. The highest BCUT2D eigenvalue weighted by molar-refractivity contribution is 5.46. The van der Waals surface area contributed by atoms with Gasteiger partial charge in [-0.1, -0.05) is 6.07 Å². The predicted octanol–water partition coefficient (Wildman–Crippen LogP) is 1.08. The van der Waals surface area contributed by atoms with E-state index in [1.165, 1.54) is 6.07 Å². The molecule has 4 heteroatoms. The zero-order valence-electron chi connectivity index (χ0n) is 8.13. The molecule has 0 fully saturated rings. The topological polar surface area (TPSA) is 58.3 Å². The van der Waals surface area contributed by atoms with Gasteiger partial charge in [0.1, 0.15) is 5.82 Å². The molecular formula is C10H15FN2O. The maximum Gasteiger partial charge on any atom is 0.146 e. The number of hydrogen-bond acceptors (Lipinski definition) is 3. The van der Waals surface area contributed by atoms with Gasteiger partial charge in [0.2, 0.25) is 0 Å². The lowest BCUT2D eigenvalue weighted by Gasteiger charge is -2.09. The van der Waals surface area contributed by atoms with Crippen molar-refractivity contribution in [3.63, 3.8) is 0 Å². The van der Waals surface area contributed by atoms with Crippen LogP contribution in [0.1, 0.15) is 12.5 Å². The van der Waals surface area contributed by atoms with Gasteiger partial charge >= 0.3 is 0 Å². The lowest BCUT2D eigenvalue weighted by Crippen LogP contribution is -2.16. The third kappa shape index (κ3) is 2.97. The fourth-order valence-electron chi connectivity index (χ4n) is 1.09. The molecule has 0 spiro atoms. The molecule has 0 aliphatic carbocycles. The van der Waals surface area contributed by atoms with Gasteiger partial charge in [-0.15, -0.1) is 0 Å². The normalized spacial score (nSPS) is 12.6. The van der Waals surface area contributed by atoms with Gasteiger partial charge in [0.05, 0.1) is 11.8 Å². The van der Waals surface area contributed by atoms with Crippen LogP contribution in [0.3, 0.4) is 0 Å². The summed E-state index contributed by atoms with van der Waals surface area (Å²) in [5, 5.41) is 11.8. The summed E-state index contributed by atoms with van der Waals surface area (Å²) in [6, 6.07) is 4.78. The zero-order chi connectivity index (χ0) is 10.6. The van der Waals surface area contributed by atoms with Crippen molar-refractivity contribution in [2.75, 3.05) is 11.9 Å². The van der Waals surface area contributed by atoms with E-state index < -0.39 is 6.10 Å². The molecule has 4 N–H and O–H groups in total. The van der Waals surface area contributed by atoms with Crippen LogP contribution in [0.15, 0.2) is 18.2 Å². The molecule has 0 saturated heterocycles. The minimum Gasteiger partial charge on any atom is -0.392 e. The second-order valence-corrected chi connectivity index (χ2v) is 3.25. The van der Waals surface area contributed by atoms with Crippen molar-refractivity contribution in [1.29, 1.82) is 0 Å². The van der Waals surface area contributed by atoms with Crippen LogP contribution < -0.4 is 11.1 Å². The highest BCUT2D eigenvalue weighted by atomic mass is 19.1. The van der Waals surface area contributed by atoms with E-state index in [4.69, 9.17) is 10.8 Å². The average Bonchev–Trinajstić information content (AvgIpc) is 2.15. The molecule has 1 aromatic rings. The third-order valence-corrected chi connectivity index (χ3v) is 1.86. The van der Waals surface area contributed by atoms with Crippen molar-refractivity contribution in [2.45, 2.75) is 19.6 Å². The lowest BCUT2D eigenvalue weighted by molar-refractivity contribution is 0.208. The Kier molecular flexibility index (Phi) is 3.85. The molecule has 0 aliphatic heterocycles. The number of benzene rings is 1. The standard InChI is InChI=1S/C10H15FN2O/c1-7(14)6-13-10-3-2-8(5-12)4-9(10)11/h2-4,7,13-14H,5-6,12H2,1H3. The van der Waals surface area contributed by atoms with Crippen molar-refractivity contribution < 1.29 is 9.50 Å². The fourth-order valence-corrected chi connectivity index (χ4v) is 1.09. The Morgan fingerprint density at radius 2 is 2.29 bits per heavy atom. The molecule has 0 amide bonds. The number of halogens is 1. The smallest absolute Gasteiger partial charge is 0.146 e. The largest absolute Gasteiger partial charge is 0.392 e. The van der Waals surface area contributed by atoms with Crippen molar-refractivity contribution in [1.82, 2.24) is 0 Å². The number of aliphatic hydroxyl groups excluding tert-OH is 1. The highest BCUT2D eigenvalue weighted by Crippen LogP contribution is 2.15. The average molecular weight is 198 g/mol. The van der Waals surface area contributed by atoms with Crippen LogP contribution in [0.2, 0.25) is 0 Å². The van der Waals surface area contributed by atoms with E-state index >= 15 is 0 Å². The Hall–Kier alpha value is -1.13. The second-order valence-electron chi connectivity index (χ2n) is 3.25. The Bertz CT molecular complexity index is 302. The maximum absolute atomic E-state index is 13.3. The van der Waals surface area contributed by atoms with Crippen LogP contribution >= 0.6 is 0 Å². The molecule has 0 aromatic heterocycles. The summed E-state index contributed by atoms with van der Waals surface area (Å²) in [4.78, 5) is 0. The fraction of sp³-hybridized carbons (Fsp3) is 0.400. The lowest BCUT2D eigenvalue weighted by atomic mass is 10.2. The van der Waals surface area contributed by atoms with Gasteiger partial charge in [0.15, 0.2) is 0 Å². The second kappa shape index (κ2) is 4.93. The Morgan fingerprint density at radius 1 is 1.57 bits per heavy atom. The van der Waals surface area contributed by atoms with E-state index in [0.717, 1.165) is 5.56 Å². The van der Waals surface area contributed by atoms with Crippen molar-refractivity contribution in [2.24, 2.45) is 5.73 Å². The molecule has 0 heterocycles. The van der Waals surface area contributed by atoms with E-state index in [0.29, 0.717) is 18.8 Å². The van der Waals surface area contributed by atoms with Crippen LogP contribution in [0.5, 0.6) is 0 Å². The van der Waals surface area contributed by atoms with Gasteiger partial charge in [-0.25, -0.2) is 4.39 Å². The van der Waals surface area contributed by atoms with Crippen molar-refractivity contribution in [3.05, 3.63) is 29.6 Å². The Balaban J connectivity index is 2.69. The molecular weight excluding hydrogens is 183 g/mol. The Labute approximate surface area is 82.7 Å². The molecule has 1 atom stereocenters. The third-order valence-electron chi connectivity index (χ3n) is 1.86. The van der Waals surface area contributed by atoms with Gasteiger partial charge in [0, 0.05) is 13.1 Å². The molecule has 0 aliphatic rings. The number of rotatable bonds is 4. The molecule has 78 valence electrons. The minimum absolute atomic E-state index is 0.327. The van der Waals surface area contributed by atoms with Gasteiger partial charge in [-0.3, -0.25) is 0 Å². The van der Waals surface area contributed by atoms with Gasteiger partial charge in [-0.2, -0.15) is 0 Å². The number of hydrogen-bond donors (Lipinski definition) is 3. The molecule has 1 rings (SSSR count). The Morgan fingerprint density at radius 3 is 2.79 bits per heavy atom. The van der Waals surface area contributed by atoms with Crippen molar-refractivity contribution in [3.8, 4) is 0 Å². The summed E-state index contributed by atoms with van der Waals surface area (Å²) in [7, 11) is 0. The molecule has 3 nitrogen and oxygen atoms in total. The number of anilines is 1. The van der Waals surface area contributed by atoms with Crippen LogP contribution in [-0.2, 0) is 6.54 Å². The summed E-state index contributed by atoms with van der Waals surface area (Å²) in [6.45, 7) is 2.30. The first-order chi connectivity index (χ1) is 6.63. The summed E-state index contributed by atoms with van der Waals surface area (Å²) < 4.78 is 13.3. The monoisotopic (exact) mass is 198 g/mol. The van der Waals surface area contributed by atoms with E-state index in [1.54, 1.807) is 19.1 Å². The molecule has 0 saturated carbocycles. The summed E-state index contributed by atoms with van der Waals surface area (Å²) >= 11 is 0. The molecule has 14 heavy (non-hydrogen) atoms. The minimum atomic E-state index is -0.497. The number of aliphatic hydroxyl groups is 1. The van der Waals surface area contributed by atoms with Gasteiger partial charge in [0.25, 0.3) is 0 Å². The molecule has 0 radical (unpaired) electrons. The molecule has 1 aromatic carbocycles. The van der Waals surface area contributed by atoms with Crippen LogP contribution in [-0.4, -0.2) is 17.8 Å². The first-order valence-electron chi connectivity index (χ1n) is 4.54. The maximum atomic E-state index is 13.3. The number of nitrogens with two attached hydrogens (primary N) is 1. The first-order valence-corrected chi connectivity index (χ1v) is 4.54. The van der Waals surface area contributed by atoms with E-state index in [-0.39, 0.29) is 5.82 Å². The van der Waals surface area contributed by atoms with E-state index in [2.05, 4.69) is 5.32 Å². The summed E-state index contributed by atoms with van der Waals surface area (Å²) in [5.74, 6) is -0.339. The predicted molar refractivity (Wildman–Crippen MR) is 54.5 cm³/mol. The summed E-state index contributed by atoms with van der Waals surface area (Å²) in [5.41, 5.74) is 6.51. The molecule has 0 bridgehead atoms. The van der Waals surface area contributed by atoms with Crippen molar-refractivity contribution >= 4 is 5.69 Å². The van der Waals surface area contributed by atoms with Crippen LogP contribution in [0, 0.1) is 5.82 Å². The van der Waals surface area contributed by atoms with E-state index in [9.17, 15) is 4.39 Å². The SMILES string of the molecule is CC(O)CNc1ccc(CN)cc1F. The van der Waals surface area contributed by atoms with Crippen LogP contribution in [0.4, 0.5) is 10.1 Å². The van der Waals surface area contributed by atoms with Crippen LogP contribution in [0.25, 0.3) is 0 Å². The first kappa shape index (κ1) is 10.9. The zero-order valence-corrected chi connectivity index (χ0v) is 8.13.